The van der Waals surface area contributed by atoms with E-state index in [0.29, 0.717) is 13.0 Å². The monoisotopic (exact) mass is 509 g/mol. The number of phosphoric acid groups is 1. The van der Waals surface area contributed by atoms with E-state index in [1.165, 1.54) is 64.2 Å². The minimum Gasteiger partial charge on any atom is -0.457 e. The van der Waals surface area contributed by atoms with Crippen LogP contribution >= 0.6 is 7.82 Å². The van der Waals surface area contributed by atoms with Crippen LogP contribution in [0.1, 0.15) is 117 Å². The van der Waals surface area contributed by atoms with Gasteiger partial charge in [0.2, 0.25) is 0 Å². The van der Waals surface area contributed by atoms with Gasteiger partial charge in [-0.3, -0.25) is 13.8 Å². The lowest BCUT2D eigenvalue weighted by atomic mass is 10.1. The molecule has 0 rings (SSSR count). The highest BCUT2D eigenvalue weighted by Gasteiger charge is 2.25. The highest BCUT2D eigenvalue weighted by molar-refractivity contribution is 7.47. The van der Waals surface area contributed by atoms with Crippen molar-refractivity contribution in [1.29, 1.82) is 0 Å². The first kappa shape index (κ1) is 33.5. The molecule has 0 amide bonds. The third kappa shape index (κ3) is 23.3. The van der Waals surface area contributed by atoms with Crippen molar-refractivity contribution < 1.29 is 32.8 Å². The molecular formula is C25H52NO7P. The first-order chi connectivity index (χ1) is 16.4. The van der Waals surface area contributed by atoms with Crippen LogP contribution in [0, 0.1) is 0 Å². The van der Waals surface area contributed by atoms with Crippen molar-refractivity contribution in [3.63, 3.8) is 0 Å². The smallest absolute Gasteiger partial charge is 0.457 e. The van der Waals surface area contributed by atoms with Gasteiger partial charge in [-0.1, -0.05) is 97.3 Å². The Morgan fingerprint density at radius 2 is 1.29 bits per heavy atom. The second-order valence-electron chi connectivity index (χ2n) is 8.92. The topological polar surface area (TPSA) is 117 Å². The lowest BCUT2D eigenvalue weighted by molar-refractivity contribution is -0.154. The summed E-state index contributed by atoms with van der Waals surface area (Å²) in [6.45, 7) is 4.82. The molecule has 3 N–H and O–H groups in total. The molecule has 9 heteroatoms. The van der Waals surface area contributed by atoms with Crippen molar-refractivity contribution in [2.45, 2.75) is 123 Å². The van der Waals surface area contributed by atoms with Crippen LogP contribution in [0.4, 0.5) is 0 Å². The summed E-state index contributed by atoms with van der Waals surface area (Å²) >= 11 is 0. The standard InChI is InChI=1S/C25H52NO7P/c1-3-5-7-9-11-12-13-15-17-20-30-22-24(23-32-34(28,29)31-21-19-26)33-25(27)18-16-14-10-8-6-4-2/h24H,3-23,26H2,1-2H3,(H,28,29). The molecule has 0 aromatic heterocycles. The van der Waals surface area contributed by atoms with Crippen LogP contribution in [0.15, 0.2) is 0 Å². The van der Waals surface area contributed by atoms with Crippen molar-refractivity contribution in [1.82, 2.24) is 0 Å². The lowest BCUT2D eigenvalue weighted by Crippen LogP contribution is -2.28. The zero-order valence-electron chi connectivity index (χ0n) is 21.8. The van der Waals surface area contributed by atoms with E-state index in [2.05, 4.69) is 13.8 Å². The van der Waals surface area contributed by atoms with Gasteiger partial charge >= 0.3 is 13.8 Å². The van der Waals surface area contributed by atoms with Crippen LogP contribution < -0.4 is 5.73 Å². The molecule has 0 bridgehead atoms. The summed E-state index contributed by atoms with van der Waals surface area (Å²) in [7, 11) is -4.24. The Labute approximate surface area is 208 Å². The lowest BCUT2D eigenvalue weighted by Gasteiger charge is -2.20. The van der Waals surface area contributed by atoms with Crippen LogP contribution in [0.5, 0.6) is 0 Å². The molecule has 2 unspecified atom stereocenters. The predicted molar refractivity (Wildman–Crippen MR) is 137 cm³/mol. The summed E-state index contributed by atoms with van der Waals surface area (Å²) in [5.41, 5.74) is 5.29. The van der Waals surface area contributed by atoms with Gasteiger partial charge in [-0.2, -0.15) is 0 Å². The van der Waals surface area contributed by atoms with Crippen LogP contribution in [0.3, 0.4) is 0 Å². The Morgan fingerprint density at radius 1 is 0.765 bits per heavy atom. The third-order valence-electron chi connectivity index (χ3n) is 5.52. The van der Waals surface area contributed by atoms with E-state index in [9.17, 15) is 14.3 Å². The number of carbonyl (C=O) groups excluding carboxylic acids is 1. The van der Waals surface area contributed by atoms with Gasteiger partial charge < -0.3 is 20.1 Å². The molecule has 0 aliphatic rings. The number of hydrogen-bond donors (Lipinski definition) is 2. The molecule has 0 fully saturated rings. The summed E-state index contributed by atoms with van der Waals surface area (Å²) in [5, 5.41) is 0. The van der Waals surface area contributed by atoms with Crippen LogP contribution in [-0.2, 0) is 27.9 Å². The average molecular weight is 510 g/mol. The zero-order valence-corrected chi connectivity index (χ0v) is 22.7. The number of phosphoric ester groups is 1. The number of hydrogen-bond acceptors (Lipinski definition) is 7. The van der Waals surface area contributed by atoms with E-state index < -0.39 is 13.9 Å². The van der Waals surface area contributed by atoms with E-state index >= 15 is 0 Å². The Balaban J connectivity index is 4.21. The van der Waals surface area contributed by atoms with Gasteiger partial charge in [0.15, 0.2) is 0 Å². The van der Waals surface area contributed by atoms with Crippen LogP contribution in [0.2, 0.25) is 0 Å². The minimum absolute atomic E-state index is 0.0919. The van der Waals surface area contributed by atoms with E-state index in [0.717, 1.165) is 32.1 Å². The molecule has 0 heterocycles. The molecular weight excluding hydrogens is 457 g/mol. The fourth-order valence-electron chi connectivity index (χ4n) is 3.52. The number of esters is 1. The fraction of sp³-hybridized carbons (Fsp3) is 0.960. The van der Waals surface area contributed by atoms with E-state index in [1.807, 2.05) is 0 Å². The molecule has 0 aliphatic carbocycles. The molecule has 204 valence electrons. The largest absolute Gasteiger partial charge is 0.472 e. The quantitative estimate of drug-likeness (QED) is 0.0794. The number of unbranched alkanes of at least 4 members (excludes halogenated alkanes) is 13. The minimum atomic E-state index is -4.24. The molecule has 34 heavy (non-hydrogen) atoms. The SMILES string of the molecule is CCCCCCCCCCCOCC(COP(=O)(O)OCCN)OC(=O)CCCCCCCC. The van der Waals surface area contributed by atoms with Crippen molar-refractivity contribution in [3.05, 3.63) is 0 Å². The maximum absolute atomic E-state index is 12.2. The van der Waals surface area contributed by atoms with Crippen molar-refractivity contribution in [2.24, 2.45) is 5.73 Å². The normalized spacial score (nSPS) is 14.1. The highest BCUT2D eigenvalue weighted by Crippen LogP contribution is 2.43. The fourth-order valence-corrected chi connectivity index (χ4v) is 4.29. The second-order valence-corrected chi connectivity index (χ2v) is 10.4. The summed E-state index contributed by atoms with van der Waals surface area (Å²) in [4.78, 5) is 21.9. The maximum atomic E-state index is 12.2. The van der Waals surface area contributed by atoms with Crippen molar-refractivity contribution in [3.8, 4) is 0 Å². The Kier molecular flexibility index (Phi) is 23.8. The molecule has 0 aliphatic heterocycles. The van der Waals surface area contributed by atoms with Crippen LogP contribution in [-0.4, -0.2) is 49.9 Å². The summed E-state index contributed by atoms with van der Waals surface area (Å²) in [6, 6.07) is 0. The van der Waals surface area contributed by atoms with Gasteiger partial charge in [-0.05, 0) is 12.8 Å². The van der Waals surface area contributed by atoms with Gasteiger partial charge in [0.05, 0.1) is 19.8 Å². The van der Waals surface area contributed by atoms with E-state index in [4.69, 9.17) is 24.3 Å². The van der Waals surface area contributed by atoms with Crippen molar-refractivity contribution in [2.75, 3.05) is 33.0 Å². The van der Waals surface area contributed by atoms with Crippen molar-refractivity contribution >= 4 is 13.8 Å². The molecule has 0 aromatic carbocycles. The van der Waals surface area contributed by atoms with Gasteiger partial charge in [0.25, 0.3) is 0 Å². The number of nitrogens with two attached hydrogens (primary N) is 1. The molecule has 0 spiro atoms. The average Bonchev–Trinajstić information content (AvgIpc) is 2.81. The summed E-state index contributed by atoms with van der Waals surface area (Å²) in [6.07, 6.45) is 17.1. The zero-order chi connectivity index (χ0) is 25.3. The third-order valence-corrected chi connectivity index (χ3v) is 6.51. The van der Waals surface area contributed by atoms with Crippen LogP contribution in [0.25, 0.3) is 0 Å². The molecule has 0 aromatic rings. The molecule has 8 nitrogen and oxygen atoms in total. The van der Waals surface area contributed by atoms with Gasteiger partial charge in [-0.15, -0.1) is 0 Å². The molecule has 0 radical (unpaired) electrons. The van der Waals surface area contributed by atoms with Gasteiger partial charge in [0.1, 0.15) is 6.10 Å². The predicted octanol–water partition coefficient (Wildman–Crippen LogP) is 6.29. The molecule has 0 saturated heterocycles. The summed E-state index contributed by atoms with van der Waals surface area (Å²) < 4.78 is 32.8. The second kappa shape index (κ2) is 24.2. The first-order valence-corrected chi connectivity index (χ1v) is 15.0. The molecule has 0 saturated carbocycles. The molecule has 2 atom stereocenters. The summed E-state index contributed by atoms with van der Waals surface area (Å²) in [5.74, 6) is -0.341. The maximum Gasteiger partial charge on any atom is 0.472 e. The number of rotatable bonds is 26. The highest BCUT2D eigenvalue weighted by atomic mass is 31.2. The Bertz CT molecular complexity index is 508. The van der Waals surface area contributed by atoms with E-state index in [-0.39, 0.29) is 32.3 Å². The Morgan fingerprint density at radius 3 is 1.85 bits per heavy atom. The Hall–Kier alpha value is -0.500. The van der Waals surface area contributed by atoms with Gasteiger partial charge in [0, 0.05) is 19.6 Å². The first-order valence-electron chi connectivity index (χ1n) is 13.5. The van der Waals surface area contributed by atoms with Gasteiger partial charge in [-0.25, -0.2) is 4.57 Å². The van der Waals surface area contributed by atoms with E-state index in [1.54, 1.807) is 0 Å². The number of carbonyl (C=O) groups is 1. The number of ether oxygens (including phenoxy) is 2.